The van der Waals surface area contributed by atoms with E-state index in [0.717, 1.165) is 16.9 Å². The van der Waals surface area contributed by atoms with Crippen molar-refractivity contribution < 1.29 is 28.9 Å². The molecule has 1 aliphatic rings. The minimum Gasteiger partial charge on any atom is -0.507 e. The average Bonchev–Trinajstić information content (AvgIpc) is 3.19. The lowest BCUT2D eigenvalue weighted by Crippen LogP contribution is -2.31. The lowest BCUT2D eigenvalue weighted by molar-refractivity contribution is -0.139. The molecule has 1 aliphatic heterocycles. The fourth-order valence-electron chi connectivity index (χ4n) is 4.74. The quantitative estimate of drug-likeness (QED) is 0.206. The van der Waals surface area contributed by atoms with Gasteiger partial charge < -0.3 is 24.2 Å². The highest BCUT2D eigenvalue weighted by Crippen LogP contribution is 2.43. The second-order valence-electron chi connectivity index (χ2n) is 10.0. The molecule has 1 amide bonds. The topological polar surface area (TPSA) is 85.3 Å². The molecule has 0 spiro atoms. The Balaban J connectivity index is 1.75. The van der Waals surface area contributed by atoms with Gasteiger partial charge >= 0.3 is 0 Å². The first-order valence-corrected chi connectivity index (χ1v) is 13.0. The van der Waals surface area contributed by atoms with E-state index in [0.29, 0.717) is 41.6 Å². The first-order chi connectivity index (χ1) is 18.7. The highest BCUT2D eigenvalue weighted by atomic mass is 16.5. The van der Waals surface area contributed by atoms with Crippen molar-refractivity contribution in [2.24, 2.45) is 5.92 Å². The molecule has 0 saturated carbocycles. The Morgan fingerprint density at radius 2 is 1.67 bits per heavy atom. The number of Topliss-reactive ketones (excluding diaryl/α,β-unsaturated/α-hetero) is 1. The fourth-order valence-corrected chi connectivity index (χ4v) is 4.74. The molecule has 3 aromatic rings. The summed E-state index contributed by atoms with van der Waals surface area (Å²) >= 11 is 0. The van der Waals surface area contributed by atoms with Crippen LogP contribution in [0, 0.1) is 12.8 Å². The molecule has 1 atom stereocenters. The van der Waals surface area contributed by atoms with E-state index in [1.54, 1.807) is 38.5 Å². The number of methoxy groups -OCH3 is 2. The van der Waals surface area contributed by atoms with Gasteiger partial charge in [-0.2, -0.15) is 0 Å². The monoisotopic (exact) mass is 529 g/mol. The highest BCUT2D eigenvalue weighted by Gasteiger charge is 2.46. The van der Waals surface area contributed by atoms with Crippen LogP contribution in [0.15, 0.2) is 72.3 Å². The summed E-state index contributed by atoms with van der Waals surface area (Å²) in [5.41, 5.74) is 2.92. The maximum atomic E-state index is 13.4. The lowest BCUT2D eigenvalue weighted by atomic mass is 9.94. The minimum absolute atomic E-state index is 0.0366. The zero-order chi connectivity index (χ0) is 28.1. The molecule has 204 valence electrons. The predicted molar refractivity (Wildman–Crippen MR) is 150 cm³/mol. The molecule has 0 aromatic heterocycles. The SMILES string of the molecule is COc1ccc(CCN2C(=O)C(=O)/C(=C(/O)c3ccc(OCC(C)C)c(C)c3)C2c2ccccc2OC)cc1. The Labute approximate surface area is 229 Å². The van der Waals surface area contributed by atoms with E-state index in [4.69, 9.17) is 14.2 Å². The molecule has 39 heavy (non-hydrogen) atoms. The van der Waals surface area contributed by atoms with Crippen molar-refractivity contribution in [2.45, 2.75) is 33.2 Å². The van der Waals surface area contributed by atoms with E-state index in [1.807, 2.05) is 49.4 Å². The summed E-state index contributed by atoms with van der Waals surface area (Å²) in [5, 5.41) is 11.5. The van der Waals surface area contributed by atoms with Crippen molar-refractivity contribution in [1.29, 1.82) is 0 Å². The van der Waals surface area contributed by atoms with Gasteiger partial charge in [-0.15, -0.1) is 0 Å². The van der Waals surface area contributed by atoms with Crippen LogP contribution >= 0.6 is 0 Å². The molecular formula is C32H35NO6. The Kier molecular flexibility index (Phi) is 8.59. The number of ketones is 1. The molecule has 1 unspecified atom stereocenters. The number of aryl methyl sites for hydroxylation is 1. The number of aliphatic hydroxyl groups is 1. The zero-order valence-corrected chi connectivity index (χ0v) is 23.1. The number of hydrogen-bond donors (Lipinski definition) is 1. The van der Waals surface area contributed by atoms with E-state index in [-0.39, 0.29) is 17.9 Å². The fraction of sp³-hybridized carbons (Fsp3) is 0.312. The van der Waals surface area contributed by atoms with Gasteiger partial charge in [0.25, 0.3) is 11.7 Å². The zero-order valence-electron chi connectivity index (χ0n) is 23.1. The van der Waals surface area contributed by atoms with Gasteiger partial charge in [-0.05, 0) is 66.8 Å². The van der Waals surface area contributed by atoms with Crippen molar-refractivity contribution in [1.82, 2.24) is 4.90 Å². The standard InChI is InChI=1S/C32H35NO6/c1-20(2)19-39-26-15-12-23(18-21(26)3)30(34)28-29(25-8-6-7-9-27(25)38-5)33(32(36)31(28)35)17-16-22-10-13-24(37-4)14-11-22/h6-15,18,20,29,34H,16-17,19H2,1-5H3/b30-28+. The molecule has 0 radical (unpaired) electrons. The lowest BCUT2D eigenvalue weighted by Gasteiger charge is -2.26. The van der Waals surface area contributed by atoms with Crippen LogP contribution in [-0.2, 0) is 16.0 Å². The van der Waals surface area contributed by atoms with E-state index >= 15 is 0 Å². The Hall–Kier alpha value is -4.26. The van der Waals surface area contributed by atoms with Crippen LogP contribution in [0.4, 0.5) is 0 Å². The van der Waals surface area contributed by atoms with Crippen LogP contribution in [0.3, 0.4) is 0 Å². The van der Waals surface area contributed by atoms with Gasteiger partial charge in [-0.25, -0.2) is 0 Å². The smallest absolute Gasteiger partial charge is 0.295 e. The number of rotatable bonds is 10. The largest absolute Gasteiger partial charge is 0.507 e. The van der Waals surface area contributed by atoms with E-state index in [2.05, 4.69) is 13.8 Å². The minimum atomic E-state index is -0.809. The van der Waals surface area contributed by atoms with Crippen molar-refractivity contribution >= 4 is 17.4 Å². The van der Waals surface area contributed by atoms with Crippen LogP contribution in [-0.4, -0.2) is 49.1 Å². The van der Waals surface area contributed by atoms with Crippen molar-refractivity contribution in [2.75, 3.05) is 27.4 Å². The number of ether oxygens (including phenoxy) is 3. The maximum absolute atomic E-state index is 13.4. The third-order valence-corrected chi connectivity index (χ3v) is 6.79. The van der Waals surface area contributed by atoms with Gasteiger partial charge in [-0.1, -0.05) is 44.2 Å². The molecule has 4 rings (SSSR count). The van der Waals surface area contributed by atoms with E-state index in [1.165, 1.54) is 4.90 Å². The first kappa shape index (κ1) is 27.8. The highest BCUT2D eigenvalue weighted by molar-refractivity contribution is 6.46. The molecule has 0 aliphatic carbocycles. The van der Waals surface area contributed by atoms with Gasteiger partial charge in [0.2, 0.25) is 0 Å². The number of nitrogens with zero attached hydrogens (tertiary/aromatic N) is 1. The normalized spacial score (nSPS) is 16.6. The first-order valence-electron chi connectivity index (χ1n) is 13.0. The number of likely N-dealkylation sites (tertiary alicyclic amines) is 1. The number of carbonyl (C=O) groups is 2. The van der Waals surface area contributed by atoms with Gasteiger partial charge in [-0.3, -0.25) is 9.59 Å². The van der Waals surface area contributed by atoms with Crippen molar-refractivity contribution in [3.63, 3.8) is 0 Å². The number of benzene rings is 3. The molecule has 1 N–H and O–H groups in total. The van der Waals surface area contributed by atoms with Crippen LogP contribution in [0.2, 0.25) is 0 Å². The maximum Gasteiger partial charge on any atom is 0.295 e. The van der Waals surface area contributed by atoms with Crippen molar-refractivity contribution in [3.8, 4) is 17.2 Å². The molecule has 1 fully saturated rings. The Bertz CT molecular complexity index is 1380. The van der Waals surface area contributed by atoms with Crippen LogP contribution in [0.25, 0.3) is 5.76 Å². The van der Waals surface area contributed by atoms with Crippen LogP contribution in [0.5, 0.6) is 17.2 Å². The summed E-state index contributed by atoms with van der Waals surface area (Å²) < 4.78 is 16.7. The molecule has 1 heterocycles. The van der Waals surface area contributed by atoms with Gasteiger partial charge in [0.15, 0.2) is 0 Å². The number of carbonyl (C=O) groups excluding carboxylic acids is 2. The van der Waals surface area contributed by atoms with Gasteiger partial charge in [0.1, 0.15) is 23.0 Å². The molecule has 0 bridgehead atoms. The number of para-hydroxylation sites is 1. The van der Waals surface area contributed by atoms with Crippen molar-refractivity contribution in [3.05, 3.63) is 94.6 Å². The Morgan fingerprint density at radius 1 is 0.949 bits per heavy atom. The van der Waals surface area contributed by atoms with E-state index in [9.17, 15) is 14.7 Å². The number of hydrogen-bond acceptors (Lipinski definition) is 6. The second-order valence-corrected chi connectivity index (χ2v) is 10.0. The summed E-state index contributed by atoms with van der Waals surface area (Å²) in [5.74, 6) is 0.733. The summed E-state index contributed by atoms with van der Waals surface area (Å²) in [6.07, 6.45) is 0.518. The van der Waals surface area contributed by atoms with Crippen LogP contribution < -0.4 is 14.2 Å². The molecule has 7 heteroatoms. The molecule has 3 aromatic carbocycles. The average molecular weight is 530 g/mol. The third-order valence-electron chi connectivity index (χ3n) is 6.79. The van der Waals surface area contributed by atoms with Crippen LogP contribution in [0.1, 0.15) is 42.1 Å². The summed E-state index contributed by atoms with van der Waals surface area (Å²) in [6.45, 7) is 6.87. The number of amides is 1. The molecular weight excluding hydrogens is 494 g/mol. The third kappa shape index (κ3) is 5.93. The predicted octanol–water partition coefficient (Wildman–Crippen LogP) is 5.71. The Morgan fingerprint density at radius 3 is 2.31 bits per heavy atom. The summed E-state index contributed by atoms with van der Waals surface area (Å²) in [6, 6.07) is 19.3. The number of aliphatic hydroxyl groups excluding tert-OH is 1. The molecule has 1 saturated heterocycles. The van der Waals surface area contributed by atoms with Gasteiger partial charge in [0, 0.05) is 17.7 Å². The summed E-state index contributed by atoms with van der Waals surface area (Å²) in [4.78, 5) is 28.3. The van der Waals surface area contributed by atoms with E-state index < -0.39 is 17.7 Å². The molecule has 7 nitrogen and oxygen atoms in total. The second kappa shape index (κ2) is 12.1. The van der Waals surface area contributed by atoms with Gasteiger partial charge in [0.05, 0.1) is 32.4 Å². The summed E-state index contributed by atoms with van der Waals surface area (Å²) in [7, 11) is 3.15.